The van der Waals surface area contributed by atoms with Gasteiger partial charge in [0.1, 0.15) is 0 Å². The molecule has 0 radical (unpaired) electrons. The van der Waals surface area contributed by atoms with Gasteiger partial charge in [0.25, 0.3) is 0 Å². The first kappa shape index (κ1) is 59.5. The molecule has 0 rings (SSSR count). The fourth-order valence-corrected chi connectivity index (χ4v) is 6.97. The summed E-state index contributed by atoms with van der Waals surface area (Å²) in [6, 6.07) is -0.631. The molecule has 0 aliphatic rings. The first-order valence-electron chi connectivity index (χ1n) is 25.9. The zero-order valence-corrected chi connectivity index (χ0v) is 40.8. The van der Waals surface area contributed by atoms with E-state index in [1.165, 1.54) is 103 Å². The van der Waals surface area contributed by atoms with Gasteiger partial charge in [-0.25, -0.2) is 0 Å². The zero-order valence-electron chi connectivity index (χ0n) is 40.8. The second-order valence-corrected chi connectivity index (χ2v) is 16.9. The summed E-state index contributed by atoms with van der Waals surface area (Å²) in [5, 5.41) is 22.9. The Morgan fingerprint density at radius 3 is 1.05 bits per heavy atom. The largest absolute Gasteiger partial charge is 0.394 e. The van der Waals surface area contributed by atoms with Crippen molar-refractivity contribution in [1.29, 1.82) is 0 Å². The van der Waals surface area contributed by atoms with E-state index < -0.39 is 12.1 Å². The smallest absolute Gasteiger partial charge is 0.220 e. The number of hydrogen-bond donors (Lipinski definition) is 3. The molecule has 63 heavy (non-hydrogen) atoms. The number of unbranched alkanes of at least 4 members (excludes halogenated alkanes) is 18. The van der Waals surface area contributed by atoms with Gasteiger partial charge in [-0.2, -0.15) is 0 Å². The molecule has 1 amide bonds. The van der Waals surface area contributed by atoms with E-state index in [1.807, 2.05) is 6.08 Å². The molecular formula is C59H97NO3. The Morgan fingerprint density at radius 1 is 0.397 bits per heavy atom. The van der Waals surface area contributed by atoms with E-state index in [4.69, 9.17) is 0 Å². The van der Waals surface area contributed by atoms with Crippen molar-refractivity contribution >= 4 is 5.91 Å². The molecule has 0 aromatic rings. The SMILES string of the molecule is CC/C=C\C/C=C\C/C=C\C/C=C\C/C=C\C/C=C\C/C=C\C/C=C\C/C=C\C/C=C\CCCCCCCCCCCCC(=O)NC(CO)C(O)/C=C/CCCCCCCCCC. The van der Waals surface area contributed by atoms with Crippen LogP contribution in [0.4, 0.5) is 0 Å². The molecule has 4 heteroatoms. The number of amides is 1. The number of aliphatic hydroxyl groups is 2. The topological polar surface area (TPSA) is 69.6 Å². The van der Waals surface area contributed by atoms with Crippen LogP contribution in [0.2, 0.25) is 0 Å². The van der Waals surface area contributed by atoms with Crippen LogP contribution in [0.15, 0.2) is 134 Å². The lowest BCUT2D eigenvalue weighted by Crippen LogP contribution is -2.45. The Labute approximate surface area is 390 Å². The molecule has 356 valence electrons. The number of rotatable bonds is 45. The molecule has 2 atom stereocenters. The molecule has 0 aliphatic carbocycles. The monoisotopic (exact) mass is 868 g/mol. The highest BCUT2D eigenvalue weighted by atomic mass is 16.3. The molecule has 0 spiro atoms. The van der Waals surface area contributed by atoms with E-state index in [-0.39, 0.29) is 12.5 Å². The highest BCUT2D eigenvalue weighted by molar-refractivity contribution is 5.76. The molecule has 0 heterocycles. The van der Waals surface area contributed by atoms with Crippen molar-refractivity contribution in [3.8, 4) is 0 Å². The number of carbonyl (C=O) groups is 1. The molecule has 2 unspecified atom stereocenters. The molecule has 0 aromatic heterocycles. The van der Waals surface area contributed by atoms with Gasteiger partial charge in [0.15, 0.2) is 0 Å². The van der Waals surface area contributed by atoms with Gasteiger partial charge in [0.05, 0.1) is 18.8 Å². The van der Waals surface area contributed by atoms with Gasteiger partial charge >= 0.3 is 0 Å². The Hall–Kier alpha value is -3.47. The molecule has 0 saturated carbocycles. The number of aliphatic hydroxyl groups excluding tert-OH is 2. The fraction of sp³-hybridized carbons (Fsp3) is 0.610. The van der Waals surface area contributed by atoms with Crippen molar-refractivity contribution in [1.82, 2.24) is 5.32 Å². The maximum absolute atomic E-state index is 12.4. The third-order valence-corrected chi connectivity index (χ3v) is 10.9. The van der Waals surface area contributed by atoms with Crippen molar-refractivity contribution in [3.05, 3.63) is 134 Å². The van der Waals surface area contributed by atoms with E-state index in [9.17, 15) is 15.0 Å². The average Bonchev–Trinajstić information content (AvgIpc) is 3.29. The van der Waals surface area contributed by atoms with Crippen LogP contribution < -0.4 is 5.32 Å². The summed E-state index contributed by atoms with van der Waals surface area (Å²) in [4.78, 5) is 12.4. The molecule has 4 nitrogen and oxygen atoms in total. The standard InChI is InChI=1S/C59H97NO3/c1-3-5-7-9-11-13-15-16-17-18-19-20-21-22-23-24-25-26-27-28-29-30-31-32-33-34-35-36-37-38-39-40-41-42-43-44-45-47-49-51-53-55-59(63)60-57(56-61)58(62)54-52-50-48-46-14-12-10-8-6-4-2/h5,7,11,13,16-17,19-20,22-23,25-26,28-29,31-32,34-35,37-38,52,54,57-58,61-62H,3-4,6,8-10,12,14-15,18,21,24,27,30,33,36,39-51,53,55-56H2,1-2H3,(H,60,63)/b7-5-,13-11-,17-16-,20-19-,23-22-,26-25-,29-28-,32-31-,35-34-,38-37-,54-52+. The van der Waals surface area contributed by atoms with Gasteiger partial charge in [-0.1, -0.05) is 244 Å². The second kappa shape index (κ2) is 52.9. The lowest BCUT2D eigenvalue weighted by atomic mass is 10.0. The third-order valence-electron chi connectivity index (χ3n) is 10.9. The summed E-state index contributed by atoms with van der Waals surface area (Å²) in [5.74, 6) is -0.0768. The van der Waals surface area contributed by atoms with Crippen molar-refractivity contribution in [2.45, 2.75) is 225 Å². The van der Waals surface area contributed by atoms with E-state index in [2.05, 4.69) is 141 Å². The van der Waals surface area contributed by atoms with Gasteiger partial charge in [0.2, 0.25) is 5.91 Å². The van der Waals surface area contributed by atoms with Gasteiger partial charge in [-0.15, -0.1) is 0 Å². The van der Waals surface area contributed by atoms with Crippen molar-refractivity contribution in [2.24, 2.45) is 0 Å². The van der Waals surface area contributed by atoms with Crippen molar-refractivity contribution < 1.29 is 15.0 Å². The molecule has 0 aliphatic heterocycles. The quantitative estimate of drug-likeness (QED) is 0.0422. The molecule has 0 fully saturated rings. The third kappa shape index (κ3) is 49.4. The van der Waals surface area contributed by atoms with Crippen LogP contribution in [0, 0.1) is 0 Å². The predicted molar refractivity (Wildman–Crippen MR) is 280 cm³/mol. The summed E-state index contributed by atoms with van der Waals surface area (Å²) in [6.45, 7) is 4.16. The Bertz CT molecular complexity index is 1310. The van der Waals surface area contributed by atoms with E-state index in [0.29, 0.717) is 6.42 Å². The summed E-state index contributed by atoms with van der Waals surface area (Å²) < 4.78 is 0. The average molecular weight is 868 g/mol. The normalized spacial score (nSPS) is 14.0. The second-order valence-electron chi connectivity index (χ2n) is 16.9. The maximum atomic E-state index is 12.4. The fourth-order valence-electron chi connectivity index (χ4n) is 6.97. The number of hydrogen-bond acceptors (Lipinski definition) is 3. The molecule has 0 saturated heterocycles. The molecule has 3 N–H and O–H groups in total. The lowest BCUT2D eigenvalue weighted by molar-refractivity contribution is -0.123. The Morgan fingerprint density at radius 2 is 0.698 bits per heavy atom. The van der Waals surface area contributed by atoms with Crippen LogP contribution in [0.3, 0.4) is 0 Å². The first-order chi connectivity index (χ1) is 31.2. The maximum Gasteiger partial charge on any atom is 0.220 e. The Balaban J connectivity index is 3.61. The van der Waals surface area contributed by atoms with Gasteiger partial charge in [-0.05, 0) is 96.3 Å². The minimum atomic E-state index is -0.846. The van der Waals surface area contributed by atoms with Crippen molar-refractivity contribution in [3.63, 3.8) is 0 Å². The van der Waals surface area contributed by atoms with Gasteiger partial charge < -0.3 is 15.5 Å². The highest BCUT2D eigenvalue weighted by Gasteiger charge is 2.17. The molecule has 0 bridgehead atoms. The highest BCUT2D eigenvalue weighted by Crippen LogP contribution is 2.13. The molecule has 0 aromatic carbocycles. The lowest BCUT2D eigenvalue weighted by Gasteiger charge is -2.20. The summed E-state index contributed by atoms with van der Waals surface area (Å²) >= 11 is 0. The van der Waals surface area contributed by atoms with Gasteiger partial charge in [0, 0.05) is 6.42 Å². The predicted octanol–water partition coefficient (Wildman–Crippen LogP) is 17.1. The van der Waals surface area contributed by atoms with Crippen LogP contribution >= 0.6 is 0 Å². The van der Waals surface area contributed by atoms with Crippen LogP contribution in [0.1, 0.15) is 213 Å². The summed E-state index contributed by atoms with van der Waals surface area (Å²) in [7, 11) is 0. The van der Waals surface area contributed by atoms with E-state index >= 15 is 0 Å². The number of allylic oxidation sites excluding steroid dienone is 21. The number of carbonyl (C=O) groups excluding carboxylic acids is 1. The first-order valence-corrected chi connectivity index (χ1v) is 25.9. The van der Waals surface area contributed by atoms with Crippen molar-refractivity contribution in [2.75, 3.05) is 6.61 Å². The summed E-state index contributed by atoms with van der Waals surface area (Å²) in [5.41, 5.74) is 0. The minimum Gasteiger partial charge on any atom is -0.394 e. The van der Waals surface area contributed by atoms with E-state index in [1.54, 1.807) is 6.08 Å². The minimum absolute atomic E-state index is 0.0768. The van der Waals surface area contributed by atoms with Crippen LogP contribution in [0.5, 0.6) is 0 Å². The van der Waals surface area contributed by atoms with Crippen LogP contribution in [-0.4, -0.2) is 34.9 Å². The van der Waals surface area contributed by atoms with E-state index in [0.717, 1.165) is 89.9 Å². The summed E-state index contributed by atoms with van der Waals surface area (Å²) in [6.07, 6.45) is 83.1. The molecular weight excluding hydrogens is 771 g/mol. The van der Waals surface area contributed by atoms with Crippen LogP contribution in [-0.2, 0) is 4.79 Å². The van der Waals surface area contributed by atoms with Crippen LogP contribution in [0.25, 0.3) is 0 Å². The Kier molecular flexibility index (Phi) is 50.0. The van der Waals surface area contributed by atoms with Gasteiger partial charge in [-0.3, -0.25) is 4.79 Å². The number of nitrogens with one attached hydrogen (secondary N) is 1. The zero-order chi connectivity index (χ0) is 45.6.